The summed E-state index contributed by atoms with van der Waals surface area (Å²) in [5.74, 6) is -0.191. The first kappa shape index (κ1) is 20.9. The van der Waals surface area contributed by atoms with E-state index in [9.17, 15) is 4.39 Å². The van der Waals surface area contributed by atoms with Crippen LogP contribution < -0.4 is 0 Å². The maximum Gasteiger partial charge on any atom is 0.123 e. The van der Waals surface area contributed by atoms with Gasteiger partial charge in [0.05, 0.1) is 0 Å². The van der Waals surface area contributed by atoms with Crippen molar-refractivity contribution in [2.24, 2.45) is 0 Å². The van der Waals surface area contributed by atoms with Gasteiger partial charge < -0.3 is 4.90 Å². The Morgan fingerprint density at radius 1 is 1.00 bits per heavy atom. The van der Waals surface area contributed by atoms with Crippen LogP contribution in [0.5, 0.6) is 0 Å². The van der Waals surface area contributed by atoms with Crippen molar-refractivity contribution in [3.05, 3.63) is 101 Å². The second-order valence-corrected chi connectivity index (χ2v) is 7.72. The fraction of sp³-hybridized carbons (Fsp3) is 0.259. The van der Waals surface area contributed by atoms with Crippen LogP contribution in [0.2, 0.25) is 0 Å². The molecule has 0 N–H and O–H groups in total. The van der Waals surface area contributed by atoms with Crippen molar-refractivity contribution in [2.75, 3.05) is 13.1 Å². The number of piperidine rings is 1. The Hall–Kier alpha value is -2.87. The Bertz CT molecular complexity index is 966. The van der Waals surface area contributed by atoms with Gasteiger partial charge in [0.15, 0.2) is 0 Å². The van der Waals surface area contributed by atoms with Crippen molar-refractivity contribution < 1.29 is 4.39 Å². The molecule has 1 fully saturated rings. The second-order valence-electron chi connectivity index (χ2n) is 7.72. The molecule has 150 valence electrons. The van der Waals surface area contributed by atoms with Gasteiger partial charge in [0.1, 0.15) is 5.82 Å². The van der Waals surface area contributed by atoms with Crippen LogP contribution in [0.4, 0.5) is 4.39 Å². The maximum absolute atomic E-state index is 13.1. The van der Waals surface area contributed by atoms with Crippen LogP contribution in [-0.4, -0.2) is 18.0 Å². The number of benzene rings is 2. The molecule has 0 amide bonds. The second kappa shape index (κ2) is 9.09. The first-order valence-electron chi connectivity index (χ1n) is 10.2. The third kappa shape index (κ3) is 4.76. The lowest BCUT2D eigenvalue weighted by Gasteiger charge is -2.33. The minimum absolute atomic E-state index is 0.191. The van der Waals surface area contributed by atoms with E-state index in [0.29, 0.717) is 0 Å². The van der Waals surface area contributed by atoms with Crippen molar-refractivity contribution in [2.45, 2.75) is 33.6 Å². The van der Waals surface area contributed by atoms with Crippen molar-refractivity contribution in [3.63, 3.8) is 0 Å². The third-order valence-corrected chi connectivity index (χ3v) is 5.75. The molecule has 0 bridgehead atoms. The van der Waals surface area contributed by atoms with E-state index in [4.69, 9.17) is 0 Å². The zero-order chi connectivity index (χ0) is 21.0. The highest BCUT2D eigenvalue weighted by Crippen LogP contribution is 2.31. The van der Waals surface area contributed by atoms with E-state index in [-0.39, 0.29) is 5.82 Å². The van der Waals surface area contributed by atoms with Crippen LogP contribution in [0.1, 0.15) is 47.6 Å². The Balaban J connectivity index is 1.76. The van der Waals surface area contributed by atoms with Crippen LogP contribution in [0, 0.1) is 19.7 Å². The van der Waals surface area contributed by atoms with Gasteiger partial charge in [-0.1, -0.05) is 55.2 Å². The summed E-state index contributed by atoms with van der Waals surface area (Å²) in [6.07, 6.45) is 8.21. The number of aryl methyl sites for hydroxylation is 2. The Morgan fingerprint density at radius 3 is 2.21 bits per heavy atom. The fourth-order valence-electron chi connectivity index (χ4n) is 4.03. The summed E-state index contributed by atoms with van der Waals surface area (Å²) in [6.45, 7) is 16.6. The fourth-order valence-corrected chi connectivity index (χ4v) is 4.03. The Kier molecular flexibility index (Phi) is 6.53. The van der Waals surface area contributed by atoms with Crippen molar-refractivity contribution >= 4 is 17.3 Å². The standard InChI is InChI=1S/C27H30FN/c1-6-24(7-2)27-18-26(19(3)16-20(27)4)21(5)29-14-12-23(13-15-29)17-22-8-10-25(28)11-9-22/h6-11,16-18H,1,5,12-15H2,2-4H3/b24-7-. The van der Waals surface area contributed by atoms with Crippen molar-refractivity contribution in [3.8, 4) is 0 Å². The molecule has 2 heteroatoms. The molecule has 2 aromatic carbocycles. The quantitative estimate of drug-likeness (QED) is 0.491. The minimum atomic E-state index is -0.191. The van der Waals surface area contributed by atoms with Gasteiger partial charge in [0.2, 0.25) is 0 Å². The average molecular weight is 388 g/mol. The lowest BCUT2D eigenvalue weighted by molar-refractivity contribution is 0.370. The van der Waals surface area contributed by atoms with E-state index in [1.165, 1.54) is 40.0 Å². The van der Waals surface area contributed by atoms with Crippen LogP contribution in [0.3, 0.4) is 0 Å². The molecule has 0 spiro atoms. The highest BCUT2D eigenvalue weighted by Gasteiger charge is 2.18. The molecular weight excluding hydrogens is 357 g/mol. The Labute approximate surface area is 174 Å². The van der Waals surface area contributed by atoms with E-state index in [1.807, 2.05) is 25.1 Å². The zero-order valence-electron chi connectivity index (χ0n) is 17.8. The number of nitrogens with zero attached hydrogens (tertiary/aromatic N) is 1. The van der Waals surface area contributed by atoms with Gasteiger partial charge in [-0.15, -0.1) is 0 Å². The lowest BCUT2D eigenvalue weighted by atomic mass is 9.92. The van der Waals surface area contributed by atoms with Gasteiger partial charge in [-0.05, 0) is 79.6 Å². The molecular formula is C27H30FN. The summed E-state index contributed by atoms with van der Waals surface area (Å²) < 4.78 is 13.1. The molecule has 1 aliphatic heterocycles. The summed E-state index contributed by atoms with van der Waals surface area (Å²) in [6, 6.07) is 11.2. The number of hydrogen-bond acceptors (Lipinski definition) is 1. The molecule has 29 heavy (non-hydrogen) atoms. The topological polar surface area (TPSA) is 3.24 Å². The molecule has 2 aromatic rings. The number of allylic oxidation sites excluding steroid dienone is 3. The molecule has 0 aliphatic carbocycles. The molecule has 1 heterocycles. The molecule has 0 aromatic heterocycles. The monoisotopic (exact) mass is 387 g/mol. The van der Waals surface area contributed by atoms with E-state index in [1.54, 1.807) is 0 Å². The Morgan fingerprint density at radius 2 is 1.62 bits per heavy atom. The molecule has 0 unspecified atom stereocenters. The smallest absolute Gasteiger partial charge is 0.123 e. The van der Waals surface area contributed by atoms with E-state index < -0.39 is 0 Å². The van der Waals surface area contributed by atoms with Crippen molar-refractivity contribution in [1.82, 2.24) is 4.90 Å². The number of rotatable bonds is 5. The molecule has 0 atom stereocenters. The normalized spacial score (nSPS) is 14.7. The molecule has 0 saturated carbocycles. The first-order chi connectivity index (χ1) is 13.9. The van der Waals surface area contributed by atoms with Gasteiger partial charge >= 0.3 is 0 Å². The largest absolute Gasteiger partial charge is 0.371 e. The predicted octanol–water partition coefficient (Wildman–Crippen LogP) is 7.18. The summed E-state index contributed by atoms with van der Waals surface area (Å²) in [4.78, 5) is 2.38. The maximum atomic E-state index is 13.1. The van der Waals surface area contributed by atoms with E-state index >= 15 is 0 Å². The summed E-state index contributed by atoms with van der Waals surface area (Å²) >= 11 is 0. The van der Waals surface area contributed by atoms with Gasteiger partial charge in [0, 0.05) is 24.4 Å². The molecule has 1 nitrogen and oxygen atoms in total. The highest BCUT2D eigenvalue weighted by atomic mass is 19.1. The van der Waals surface area contributed by atoms with E-state index in [2.05, 4.69) is 56.2 Å². The number of likely N-dealkylation sites (tertiary alicyclic amines) is 1. The van der Waals surface area contributed by atoms with Gasteiger partial charge in [-0.2, -0.15) is 0 Å². The van der Waals surface area contributed by atoms with E-state index in [0.717, 1.165) is 42.8 Å². The summed E-state index contributed by atoms with van der Waals surface area (Å²) in [5.41, 5.74) is 9.65. The first-order valence-corrected chi connectivity index (χ1v) is 10.2. The average Bonchev–Trinajstić information content (AvgIpc) is 2.72. The van der Waals surface area contributed by atoms with Crippen LogP contribution in [0.15, 0.2) is 67.3 Å². The molecule has 1 aliphatic rings. The molecule has 3 rings (SSSR count). The molecule has 1 saturated heterocycles. The highest BCUT2D eigenvalue weighted by molar-refractivity contribution is 5.79. The summed E-state index contributed by atoms with van der Waals surface area (Å²) in [5, 5.41) is 0. The molecule has 0 radical (unpaired) electrons. The SMILES string of the molecule is C=C/C(=C/C)c1cc(C(=C)N2CCC(=Cc3ccc(F)cc3)CC2)c(C)cc1C. The number of halogens is 1. The van der Waals surface area contributed by atoms with Crippen LogP contribution >= 0.6 is 0 Å². The van der Waals surface area contributed by atoms with Gasteiger partial charge in [-0.25, -0.2) is 4.39 Å². The summed E-state index contributed by atoms with van der Waals surface area (Å²) in [7, 11) is 0. The third-order valence-electron chi connectivity index (χ3n) is 5.75. The van der Waals surface area contributed by atoms with Crippen molar-refractivity contribution in [1.29, 1.82) is 0 Å². The van der Waals surface area contributed by atoms with Crippen LogP contribution in [0.25, 0.3) is 17.3 Å². The lowest BCUT2D eigenvalue weighted by Crippen LogP contribution is -2.29. The zero-order valence-corrected chi connectivity index (χ0v) is 17.8. The van der Waals surface area contributed by atoms with Crippen LogP contribution in [-0.2, 0) is 0 Å². The van der Waals surface area contributed by atoms with Gasteiger partial charge in [0.25, 0.3) is 0 Å². The van der Waals surface area contributed by atoms with Gasteiger partial charge in [-0.3, -0.25) is 0 Å². The predicted molar refractivity (Wildman–Crippen MR) is 124 cm³/mol. The number of hydrogen-bond donors (Lipinski definition) is 0. The minimum Gasteiger partial charge on any atom is -0.371 e.